The summed E-state index contributed by atoms with van der Waals surface area (Å²) in [6.07, 6.45) is 3.41. The Morgan fingerprint density at radius 1 is 1.40 bits per heavy atom. The van der Waals surface area contributed by atoms with Crippen LogP contribution in [0.15, 0.2) is 23.0 Å². The van der Waals surface area contributed by atoms with Crippen LogP contribution in [0.3, 0.4) is 0 Å². The molecule has 0 aliphatic carbocycles. The maximum Gasteiger partial charge on any atom is 0.252 e. The summed E-state index contributed by atoms with van der Waals surface area (Å²) in [6, 6.07) is 1.57. The van der Waals surface area contributed by atoms with Crippen molar-refractivity contribution >= 4 is 17.8 Å². The lowest BCUT2D eigenvalue weighted by atomic mass is 10.2. The van der Waals surface area contributed by atoms with Crippen LogP contribution in [0.2, 0.25) is 0 Å². The van der Waals surface area contributed by atoms with E-state index in [1.165, 1.54) is 23.1 Å². The molecule has 1 aliphatic heterocycles. The number of aromatic amines is 1. The molecule has 9 nitrogen and oxygen atoms in total. The highest BCUT2D eigenvalue weighted by molar-refractivity contribution is 5.96. The standard InChI is InChI=1S/C16H24N6O3/c1-20(2)14(24)4-5-15(25)22-7-6-12(10-22)21(3)9-11-8-13(23)19-16(17)18-11/h4-5,8,12H,6-7,9-10H2,1-3H3,(H3,17,18,19,23)/b5-4+. The number of hydrogen-bond donors (Lipinski definition) is 2. The zero-order valence-electron chi connectivity index (χ0n) is 14.7. The number of nitrogen functional groups attached to an aromatic ring is 1. The Hall–Kier alpha value is -2.68. The molecule has 1 aromatic heterocycles. The topological polar surface area (TPSA) is 116 Å². The molecule has 136 valence electrons. The Balaban J connectivity index is 1.92. The molecule has 0 saturated carbocycles. The minimum Gasteiger partial charge on any atom is -0.369 e. The van der Waals surface area contributed by atoms with Crippen molar-refractivity contribution in [3.05, 3.63) is 34.3 Å². The van der Waals surface area contributed by atoms with Crippen molar-refractivity contribution in [1.82, 2.24) is 24.7 Å². The van der Waals surface area contributed by atoms with Gasteiger partial charge in [-0.1, -0.05) is 0 Å². The van der Waals surface area contributed by atoms with E-state index in [2.05, 4.69) is 9.97 Å². The van der Waals surface area contributed by atoms with E-state index in [1.54, 1.807) is 19.0 Å². The first-order valence-corrected chi connectivity index (χ1v) is 8.00. The van der Waals surface area contributed by atoms with Gasteiger partial charge in [-0.2, -0.15) is 0 Å². The second-order valence-electron chi connectivity index (χ2n) is 6.33. The fourth-order valence-electron chi connectivity index (χ4n) is 2.69. The SMILES string of the molecule is CN(C)C(=O)/C=C/C(=O)N1CCC(N(C)Cc2cc(=O)[nH]c(N)n2)C1. The average molecular weight is 348 g/mol. The molecular weight excluding hydrogens is 324 g/mol. The van der Waals surface area contributed by atoms with Crippen LogP contribution in [0.1, 0.15) is 12.1 Å². The third-order valence-corrected chi connectivity index (χ3v) is 4.13. The van der Waals surface area contributed by atoms with Crippen LogP contribution in [0.5, 0.6) is 0 Å². The molecule has 1 aliphatic rings. The largest absolute Gasteiger partial charge is 0.369 e. The first kappa shape index (κ1) is 18.7. The minimum absolute atomic E-state index is 0.0924. The van der Waals surface area contributed by atoms with E-state index < -0.39 is 0 Å². The van der Waals surface area contributed by atoms with Crippen LogP contribution in [0, 0.1) is 0 Å². The van der Waals surface area contributed by atoms with Crippen molar-refractivity contribution in [3.63, 3.8) is 0 Å². The monoisotopic (exact) mass is 348 g/mol. The second kappa shape index (κ2) is 7.93. The molecule has 2 heterocycles. The van der Waals surface area contributed by atoms with Crippen LogP contribution in [-0.4, -0.2) is 76.8 Å². The number of hydrogen-bond acceptors (Lipinski definition) is 6. The highest BCUT2D eigenvalue weighted by Gasteiger charge is 2.28. The Labute approximate surface area is 146 Å². The lowest BCUT2D eigenvalue weighted by Gasteiger charge is -2.24. The van der Waals surface area contributed by atoms with Gasteiger partial charge in [-0.3, -0.25) is 24.3 Å². The molecule has 3 N–H and O–H groups in total. The fourth-order valence-corrected chi connectivity index (χ4v) is 2.69. The van der Waals surface area contributed by atoms with E-state index in [9.17, 15) is 14.4 Å². The number of rotatable bonds is 5. The van der Waals surface area contributed by atoms with E-state index in [1.807, 2.05) is 11.9 Å². The number of anilines is 1. The number of likely N-dealkylation sites (N-methyl/N-ethyl adjacent to an activating group) is 2. The van der Waals surface area contributed by atoms with Crippen molar-refractivity contribution in [1.29, 1.82) is 0 Å². The number of carbonyl (C=O) groups excluding carboxylic acids is 2. The summed E-state index contributed by atoms with van der Waals surface area (Å²) in [5, 5.41) is 0. The smallest absolute Gasteiger partial charge is 0.252 e. The maximum absolute atomic E-state index is 12.2. The highest BCUT2D eigenvalue weighted by atomic mass is 16.2. The molecule has 1 saturated heterocycles. The van der Waals surface area contributed by atoms with Crippen LogP contribution >= 0.6 is 0 Å². The normalized spacial score (nSPS) is 17.4. The number of aromatic nitrogens is 2. The van der Waals surface area contributed by atoms with Gasteiger partial charge in [0.2, 0.25) is 17.8 Å². The van der Waals surface area contributed by atoms with E-state index in [4.69, 9.17) is 5.73 Å². The number of likely N-dealkylation sites (tertiary alicyclic amines) is 1. The molecule has 1 unspecified atom stereocenters. The number of carbonyl (C=O) groups is 2. The van der Waals surface area contributed by atoms with Crippen LogP contribution in [-0.2, 0) is 16.1 Å². The van der Waals surface area contributed by atoms with E-state index in [0.717, 1.165) is 6.42 Å². The van der Waals surface area contributed by atoms with Crippen LogP contribution in [0.4, 0.5) is 5.95 Å². The van der Waals surface area contributed by atoms with E-state index >= 15 is 0 Å². The molecular formula is C16H24N6O3. The zero-order chi connectivity index (χ0) is 18.6. The molecule has 0 spiro atoms. The lowest BCUT2D eigenvalue weighted by molar-refractivity contribution is -0.126. The summed E-state index contributed by atoms with van der Waals surface area (Å²) >= 11 is 0. The molecule has 0 bridgehead atoms. The second-order valence-corrected chi connectivity index (χ2v) is 6.33. The van der Waals surface area contributed by atoms with Gasteiger partial charge in [-0.15, -0.1) is 0 Å². The molecule has 25 heavy (non-hydrogen) atoms. The van der Waals surface area contributed by atoms with Crippen molar-refractivity contribution in [2.45, 2.75) is 19.0 Å². The lowest BCUT2D eigenvalue weighted by Crippen LogP contribution is -2.36. The number of nitrogens with one attached hydrogen (secondary N) is 1. The van der Waals surface area contributed by atoms with E-state index in [0.29, 0.717) is 25.3 Å². The van der Waals surface area contributed by atoms with Gasteiger partial charge in [-0.25, -0.2) is 4.98 Å². The van der Waals surface area contributed by atoms with Crippen molar-refractivity contribution in [2.75, 3.05) is 40.0 Å². The predicted octanol–water partition coefficient (Wildman–Crippen LogP) is -0.971. The number of nitrogens with zero attached hydrogens (tertiary/aromatic N) is 4. The fraction of sp³-hybridized carbons (Fsp3) is 0.500. The Morgan fingerprint density at radius 2 is 2.12 bits per heavy atom. The third-order valence-electron chi connectivity index (χ3n) is 4.13. The predicted molar refractivity (Wildman–Crippen MR) is 93.6 cm³/mol. The van der Waals surface area contributed by atoms with Gasteiger partial charge in [0.25, 0.3) is 5.56 Å². The molecule has 1 fully saturated rings. The van der Waals surface area contributed by atoms with Crippen molar-refractivity contribution in [2.24, 2.45) is 0 Å². The number of amides is 2. The number of H-pyrrole nitrogens is 1. The minimum atomic E-state index is -0.283. The van der Waals surface area contributed by atoms with Crippen molar-refractivity contribution < 1.29 is 9.59 Å². The average Bonchev–Trinajstić information content (AvgIpc) is 3.01. The molecule has 0 aromatic carbocycles. The summed E-state index contributed by atoms with van der Waals surface area (Å²) in [7, 11) is 5.18. The molecule has 1 atom stereocenters. The zero-order valence-corrected chi connectivity index (χ0v) is 14.7. The summed E-state index contributed by atoms with van der Waals surface area (Å²) in [5.74, 6) is -0.307. The molecule has 0 radical (unpaired) electrons. The maximum atomic E-state index is 12.2. The van der Waals surface area contributed by atoms with Gasteiger partial charge in [0.15, 0.2) is 0 Å². The Kier molecular flexibility index (Phi) is 5.92. The van der Waals surface area contributed by atoms with Crippen LogP contribution < -0.4 is 11.3 Å². The summed E-state index contributed by atoms with van der Waals surface area (Å²) in [5.41, 5.74) is 5.86. The highest BCUT2D eigenvalue weighted by Crippen LogP contribution is 2.16. The van der Waals surface area contributed by atoms with Gasteiger partial charge in [0.1, 0.15) is 0 Å². The Morgan fingerprint density at radius 3 is 2.76 bits per heavy atom. The third kappa shape index (κ3) is 5.15. The summed E-state index contributed by atoms with van der Waals surface area (Å²) in [6.45, 7) is 1.66. The number of nitrogens with two attached hydrogens (primary N) is 1. The summed E-state index contributed by atoms with van der Waals surface area (Å²) < 4.78 is 0. The van der Waals surface area contributed by atoms with E-state index in [-0.39, 0.29) is 29.4 Å². The van der Waals surface area contributed by atoms with Gasteiger partial charge in [0.05, 0.1) is 5.69 Å². The quantitative estimate of drug-likeness (QED) is 0.662. The molecule has 2 amide bonds. The molecule has 1 aromatic rings. The van der Waals surface area contributed by atoms with Crippen molar-refractivity contribution in [3.8, 4) is 0 Å². The Bertz CT molecular complexity index is 727. The van der Waals surface area contributed by atoms with Crippen LogP contribution in [0.25, 0.3) is 0 Å². The molecule has 9 heteroatoms. The first-order chi connectivity index (χ1) is 11.8. The van der Waals surface area contributed by atoms with Gasteiger partial charge >= 0.3 is 0 Å². The first-order valence-electron chi connectivity index (χ1n) is 8.00. The van der Waals surface area contributed by atoms with Gasteiger partial charge in [0, 0.05) is 58.0 Å². The van der Waals surface area contributed by atoms with Gasteiger partial charge < -0.3 is 15.5 Å². The molecule has 2 rings (SSSR count). The summed E-state index contributed by atoms with van der Waals surface area (Å²) in [4.78, 5) is 46.8. The van der Waals surface area contributed by atoms with Gasteiger partial charge in [-0.05, 0) is 13.5 Å².